The van der Waals surface area contributed by atoms with Crippen molar-refractivity contribution in [1.82, 2.24) is 9.97 Å². The van der Waals surface area contributed by atoms with Crippen LogP contribution in [-0.2, 0) is 14.9 Å². The van der Waals surface area contributed by atoms with Crippen LogP contribution in [0, 0.1) is 17.1 Å². The number of nitrogens with one attached hydrogen (secondary N) is 1. The lowest BCUT2D eigenvalue weighted by molar-refractivity contribution is -0.0500. The molecule has 0 aliphatic carbocycles. The van der Waals surface area contributed by atoms with Gasteiger partial charge < -0.3 is 19.1 Å². The highest BCUT2D eigenvalue weighted by atomic mass is 32.2. The topological polar surface area (TPSA) is 117 Å². The Labute approximate surface area is 180 Å². The van der Waals surface area contributed by atoms with E-state index in [2.05, 4.69) is 19.5 Å². The first-order chi connectivity index (χ1) is 15.0. The summed E-state index contributed by atoms with van der Waals surface area (Å²) in [6, 6.07) is 4.37. The van der Waals surface area contributed by atoms with Crippen molar-refractivity contribution in [1.29, 1.82) is 5.26 Å². The number of nitriles is 1. The maximum atomic E-state index is 14.5. The first-order valence-electron chi connectivity index (χ1n) is 9.13. The molecule has 1 N–H and O–H groups in total. The molecule has 32 heavy (non-hydrogen) atoms. The molecule has 3 rings (SSSR count). The molecule has 1 aromatic carbocycles. The van der Waals surface area contributed by atoms with Gasteiger partial charge in [0.2, 0.25) is 5.95 Å². The minimum absolute atomic E-state index is 0.0512. The van der Waals surface area contributed by atoms with Gasteiger partial charge in [-0.3, -0.25) is 0 Å². The quantitative estimate of drug-likeness (QED) is 0.396. The van der Waals surface area contributed by atoms with E-state index in [0.717, 1.165) is 12.1 Å². The number of aromatic nitrogens is 2. The lowest BCUT2D eigenvalue weighted by atomic mass is 10.1. The second-order valence-corrected chi connectivity index (χ2v) is 8.27. The average molecular weight is 475 g/mol. The summed E-state index contributed by atoms with van der Waals surface area (Å²) in [7, 11) is -4.59. The van der Waals surface area contributed by atoms with Crippen molar-refractivity contribution in [3.8, 4) is 23.1 Å². The Morgan fingerprint density at radius 1 is 1.31 bits per heavy atom. The largest absolute Gasteiger partial charge is 0.534 e. The van der Waals surface area contributed by atoms with Crippen LogP contribution < -0.4 is 14.4 Å². The van der Waals surface area contributed by atoms with Gasteiger partial charge in [-0.15, -0.1) is 0 Å². The number of hydrogen-bond acceptors (Lipinski definition) is 9. The molecule has 1 aliphatic heterocycles. The van der Waals surface area contributed by atoms with E-state index < -0.39 is 32.8 Å². The monoisotopic (exact) mass is 475 g/mol. The Kier molecular flexibility index (Phi) is 6.42. The van der Waals surface area contributed by atoms with Gasteiger partial charge in [0, 0.05) is 25.2 Å². The Morgan fingerprint density at radius 3 is 2.62 bits per heavy atom. The van der Waals surface area contributed by atoms with Crippen molar-refractivity contribution in [3.63, 3.8) is 0 Å². The average Bonchev–Trinajstić information content (AvgIpc) is 2.72. The molecular formula is C18H17F4N5O4S. The molecule has 0 amide bonds. The van der Waals surface area contributed by atoms with Gasteiger partial charge in [-0.05, 0) is 19.1 Å². The smallest absolute Gasteiger partial charge is 0.377 e. The van der Waals surface area contributed by atoms with Crippen molar-refractivity contribution >= 4 is 21.9 Å². The summed E-state index contributed by atoms with van der Waals surface area (Å²) in [5.74, 6) is -1.81. The third-order valence-electron chi connectivity index (χ3n) is 4.54. The highest BCUT2D eigenvalue weighted by molar-refractivity contribution is 7.88. The molecule has 1 saturated heterocycles. The summed E-state index contributed by atoms with van der Waals surface area (Å²) in [5.41, 5.74) is -6.81. The first kappa shape index (κ1) is 23.5. The maximum absolute atomic E-state index is 14.5. The summed E-state index contributed by atoms with van der Waals surface area (Å²) < 4.78 is 85.0. The van der Waals surface area contributed by atoms with Gasteiger partial charge in [0.05, 0.1) is 24.9 Å². The van der Waals surface area contributed by atoms with Crippen LogP contribution >= 0.6 is 0 Å². The second-order valence-electron chi connectivity index (χ2n) is 6.73. The van der Waals surface area contributed by atoms with E-state index in [-0.39, 0.29) is 23.2 Å². The normalized spacial score (nSPS) is 17.0. The summed E-state index contributed by atoms with van der Waals surface area (Å²) >= 11 is 0. The number of hydrogen-bond donors (Lipinski definition) is 1. The van der Waals surface area contributed by atoms with Gasteiger partial charge >= 0.3 is 15.6 Å². The summed E-state index contributed by atoms with van der Waals surface area (Å²) in [6.07, 6.45) is 0. The van der Waals surface area contributed by atoms with Crippen LogP contribution in [0.5, 0.6) is 5.75 Å². The molecule has 0 saturated carbocycles. The van der Waals surface area contributed by atoms with Crippen molar-refractivity contribution in [3.05, 3.63) is 29.6 Å². The number of nitrogens with zero attached hydrogens (tertiary/aromatic N) is 4. The van der Waals surface area contributed by atoms with Gasteiger partial charge in [-0.2, -0.15) is 31.8 Å². The van der Waals surface area contributed by atoms with E-state index in [0.29, 0.717) is 25.6 Å². The Morgan fingerprint density at radius 2 is 2.03 bits per heavy atom. The number of alkyl halides is 3. The summed E-state index contributed by atoms with van der Waals surface area (Å²) in [4.78, 5) is 10.4. The fraction of sp³-hybridized carbons (Fsp3) is 0.389. The fourth-order valence-corrected chi connectivity index (χ4v) is 3.44. The minimum Gasteiger partial charge on any atom is -0.377 e. The maximum Gasteiger partial charge on any atom is 0.534 e. The third-order valence-corrected chi connectivity index (χ3v) is 5.51. The van der Waals surface area contributed by atoms with Gasteiger partial charge in [-0.25, -0.2) is 9.37 Å². The molecule has 14 heteroatoms. The van der Waals surface area contributed by atoms with Crippen LogP contribution in [0.2, 0.25) is 0 Å². The minimum atomic E-state index is -6.13. The molecule has 0 bridgehead atoms. The van der Waals surface area contributed by atoms with E-state index in [1.54, 1.807) is 0 Å². The molecule has 0 spiro atoms. The van der Waals surface area contributed by atoms with E-state index in [1.807, 2.05) is 11.8 Å². The molecular weight excluding hydrogens is 458 g/mol. The SMILES string of the molecule is CNc1nc(-c2cc(F)c(C#N)c(OS(=O)(=O)C(F)(F)F)c2)cc(N2CCOCC2C)n1. The molecule has 1 atom stereocenters. The highest BCUT2D eigenvalue weighted by Gasteiger charge is 2.49. The van der Waals surface area contributed by atoms with E-state index in [4.69, 9.17) is 10.00 Å². The van der Waals surface area contributed by atoms with Crippen molar-refractivity contribution in [2.75, 3.05) is 37.0 Å². The van der Waals surface area contributed by atoms with E-state index in [9.17, 15) is 26.0 Å². The zero-order valence-corrected chi connectivity index (χ0v) is 17.6. The number of halogens is 4. The molecule has 0 radical (unpaired) electrons. The van der Waals surface area contributed by atoms with Crippen molar-refractivity contribution in [2.24, 2.45) is 0 Å². The van der Waals surface area contributed by atoms with Gasteiger partial charge in [0.15, 0.2) is 5.75 Å². The van der Waals surface area contributed by atoms with Crippen LogP contribution in [0.3, 0.4) is 0 Å². The number of benzene rings is 1. The summed E-state index contributed by atoms with van der Waals surface area (Å²) in [5, 5.41) is 11.8. The van der Waals surface area contributed by atoms with Gasteiger partial charge in [0.25, 0.3) is 0 Å². The molecule has 172 valence electrons. The molecule has 2 aromatic rings. The molecule has 1 unspecified atom stereocenters. The molecule has 1 aromatic heterocycles. The molecule has 9 nitrogen and oxygen atoms in total. The number of morpholine rings is 1. The fourth-order valence-electron chi connectivity index (χ4n) is 2.98. The van der Waals surface area contributed by atoms with E-state index in [1.165, 1.54) is 19.2 Å². The predicted molar refractivity (Wildman–Crippen MR) is 105 cm³/mol. The number of rotatable bonds is 5. The lowest BCUT2D eigenvalue weighted by Gasteiger charge is -2.34. The van der Waals surface area contributed by atoms with Crippen molar-refractivity contribution < 1.29 is 34.9 Å². The molecule has 1 fully saturated rings. The first-order valence-corrected chi connectivity index (χ1v) is 10.5. The van der Waals surface area contributed by atoms with Gasteiger partial charge in [-0.1, -0.05) is 0 Å². The predicted octanol–water partition coefficient (Wildman–Crippen LogP) is 2.65. The van der Waals surface area contributed by atoms with Crippen LogP contribution in [0.1, 0.15) is 12.5 Å². The zero-order chi connectivity index (χ0) is 23.7. The molecule has 1 aliphatic rings. The number of ether oxygens (including phenoxy) is 1. The molecule has 2 heterocycles. The lowest BCUT2D eigenvalue weighted by Crippen LogP contribution is -2.44. The number of anilines is 2. The van der Waals surface area contributed by atoms with Crippen LogP contribution in [0.25, 0.3) is 11.3 Å². The zero-order valence-electron chi connectivity index (χ0n) is 16.8. The Bertz CT molecular complexity index is 1170. The van der Waals surface area contributed by atoms with Crippen LogP contribution in [-0.4, -0.2) is 56.7 Å². The van der Waals surface area contributed by atoms with Crippen molar-refractivity contribution in [2.45, 2.75) is 18.5 Å². The van der Waals surface area contributed by atoms with Gasteiger partial charge in [0.1, 0.15) is 23.3 Å². The Balaban J connectivity index is 2.13. The highest BCUT2D eigenvalue weighted by Crippen LogP contribution is 2.34. The van der Waals surface area contributed by atoms with Crippen LogP contribution in [0.15, 0.2) is 18.2 Å². The second kappa shape index (κ2) is 8.75. The standard InChI is InChI=1S/C18H17F4N5O4S/c1-10-9-30-4-3-27(10)16-7-14(25-17(24-2)26-16)11-5-13(19)12(8-23)15(6-11)31-32(28,29)18(20,21)22/h5-7,10H,3-4,9H2,1-2H3,(H,24,25,26). The Hall–Kier alpha value is -3.18. The van der Waals surface area contributed by atoms with Crippen LogP contribution in [0.4, 0.5) is 29.3 Å². The van der Waals surface area contributed by atoms with E-state index >= 15 is 0 Å². The summed E-state index contributed by atoms with van der Waals surface area (Å²) in [6.45, 7) is 3.28. The third kappa shape index (κ3) is 4.68.